The van der Waals surface area contributed by atoms with Gasteiger partial charge in [0.25, 0.3) is 0 Å². The second kappa shape index (κ2) is 236. The summed E-state index contributed by atoms with van der Waals surface area (Å²) in [6, 6.07) is 0. The number of hydrogen-bond donors (Lipinski definition) is 0. The lowest BCUT2D eigenvalue weighted by molar-refractivity contribution is 1.50. The molecule has 0 nitrogen and oxygen atoms in total. The van der Waals surface area contributed by atoms with Gasteiger partial charge in [-0.05, 0) is 6.92 Å². The molecule has 0 rings (SSSR count). The van der Waals surface area contributed by atoms with E-state index in [1.165, 1.54) is 0 Å². The maximum absolute atomic E-state index is 3.36. The van der Waals surface area contributed by atoms with Gasteiger partial charge in [-0.15, -0.1) is 6.58 Å². The van der Waals surface area contributed by atoms with Crippen LogP contribution >= 0.6 is 0 Å². The van der Waals surface area contributed by atoms with E-state index in [9.17, 15) is 0 Å². The second-order valence-corrected chi connectivity index (χ2v) is 0.408. The Kier molecular flexibility index (Phi) is 995. The Morgan fingerprint density at radius 2 is 1.14 bits per heavy atom. The van der Waals surface area contributed by atoms with Gasteiger partial charge in [-0.1, -0.05) is 34.8 Å². The molecule has 0 unspecified atom stereocenters. The molecule has 0 amide bonds. The minimum Gasteiger partial charge on any atom is -0.103 e. The van der Waals surface area contributed by atoms with Gasteiger partial charge in [-0.2, -0.15) is 0 Å². The van der Waals surface area contributed by atoms with E-state index in [1.807, 2.05) is 20.8 Å². The third kappa shape index (κ3) is 1190. The Hall–Kier alpha value is -0.260. The third-order valence-corrected chi connectivity index (χ3v) is 0. The lowest BCUT2D eigenvalue weighted by Gasteiger charge is -1.31. The summed E-state index contributed by atoms with van der Waals surface area (Å²) in [6.07, 6.45) is 1.75. The van der Waals surface area contributed by atoms with Crippen LogP contribution in [0.4, 0.5) is 0 Å². The maximum Gasteiger partial charge on any atom is -0.0473 e. The van der Waals surface area contributed by atoms with E-state index in [0.717, 1.165) is 0 Å². The van der Waals surface area contributed by atoms with Gasteiger partial charge < -0.3 is 0 Å². The van der Waals surface area contributed by atoms with E-state index in [-0.39, 0.29) is 14.9 Å². The van der Waals surface area contributed by atoms with Crippen molar-refractivity contribution in [2.45, 2.75) is 35.6 Å². The quantitative estimate of drug-likeness (QED) is 0.413. The zero-order valence-electron chi connectivity index (χ0n) is 4.28. The van der Waals surface area contributed by atoms with Crippen LogP contribution in [-0.2, 0) is 0 Å². The highest BCUT2D eigenvalue weighted by Crippen LogP contribution is 1.38. The van der Waals surface area contributed by atoms with Crippen LogP contribution in [0.25, 0.3) is 0 Å². The van der Waals surface area contributed by atoms with E-state index in [4.69, 9.17) is 0 Å². The van der Waals surface area contributed by atoms with E-state index in [0.29, 0.717) is 0 Å². The van der Waals surface area contributed by atoms with Crippen molar-refractivity contribution in [3.8, 4) is 0 Å². The smallest absolute Gasteiger partial charge is 0.0473 e. The predicted octanol–water partition coefficient (Wildman–Crippen LogP) is 3.49. The average Bonchev–Trinajstić information content (AvgIpc) is 1.46. The summed E-state index contributed by atoms with van der Waals surface area (Å²) in [6.45, 7) is 9.25. The normalized spacial score (nSPS) is 2.71. The fourth-order valence-electron chi connectivity index (χ4n) is 0. The molecule has 0 aliphatic rings. The van der Waals surface area contributed by atoms with Crippen LogP contribution in [0, 0.1) is 0 Å². The standard InChI is InChI=1S/C3H6.C2H6.2CH4/c1-3-2;1-2;;/h3H,1H2,2H3;1-2H3;2*1H4. The lowest BCUT2D eigenvalue weighted by Crippen LogP contribution is -1.07. The molecule has 0 heterocycles. The second-order valence-electron chi connectivity index (χ2n) is 0.408. The zero-order valence-corrected chi connectivity index (χ0v) is 4.28. The van der Waals surface area contributed by atoms with Crippen LogP contribution in [0.5, 0.6) is 0 Å². The third-order valence-electron chi connectivity index (χ3n) is 0. The highest BCUT2D eigenvalue weighted by molar-refractivity contribution is 4.51. The zero-order chi connectivity index (χ0) is 4.71. The molecule has 0 aromatic heterocycles. The summed E-state index contributed by atoms with van der Waals surface area (Å²) in [7, 11) is 0. The van der Waals surface area contributed by atoms with Crippen LogP contribution in [0.1, 0.15) is 35.6 Å². The van der Waals surface area contributed by atoms with Gasteiger partial charge in [0, 0.05) is 0 Å². The lowest BCUT2D eigenvalue weighted by atomic mass is 10.8. The van der Waals surface area contributed by atoms with Gasteiger partial charge in [0.15, 0.2) is 0 Å². The van der Waals surface area contributed by atoms with E-state index < -0.39 is 0 Å². The summed E-state index contributed by atoms with van der Waals surface area (Å²) >= 11 is 0. The SMILES string of the molecule is C.C.C=CC.CC. The highest BCUT2D eigenvalue weighted by atomic mass is 13.2. The molecule has 7 heavy (non-hydrogen) atoms. The van der Waals surface area contributed by atoms with Crippen molar-refractivity contribution in [3.05, 3.63) is 12.7 Å². The summed E-state index contributed by atoms with van der Waals surface area (Å²) in [5.41, 5.74) is 0. The first-order chi connectivity index (χ1) is 2.41. The van der Waals surface area contributed by atoms with Crippen molar-refractivity contribution in [1.82, 2.24) is 0 Å². The molecule has 0 heteroatoms. The van der Waals surface area contributed by atoms with Gasteiger partial charge in [0.05, 0.1) is 0 Å². The molecule has 0 aromatic carbocycles. The fraction of sp³-hybridized carbons (Fsp3) is 0.714. The molecule has 0 fully saturated rings. The molecule has 0 spiro atoms. The van der Waals surface area contributed by atoms with Crippen molar-refractivity contribution >= 4 is 0 Å². The van der Waals surface area contributed by atoms with Gasteiger partial charge in [-0.3, -0.25) is 0 Å². The monoisotopic (exact) mass is 104 g/mol. The molecule has 0 aliphatic heterocycles. The van der Waals surface area contributed by atoms with Gasteiger partial charge in [0.1, 0.15) is 0 Å². The summed E-state index contributed by atoms with van der Waals surface area (Å²) < 4.78 is 0. The van der Waals surface area contributed by atoms with Crippen molar-refractivity contribution in [3.63, 3.8) is 0 Å². The number of allylic oxidation sites excluding steroid dienone is 1. The Morgan fingerprint density at radius 3 is 1.14 bits per heavy atom. The average molecular weight is 104 g/mol. The van der Waals surface area contributed by atoms with Gasteiger partial charge in [0.2, 0.25) is 0 Å². The van der Waals surface area contributed by atoms with Crippen LogP contribution in [0.2, 0.25) is 0 Å². The molecule has 0 atom stereocenters. The molecule has 0 saturated heterocycles. The van der Waals surface area contributed by atoms with E-state index in [2.05, 4.69) is 6.58 Å². The highest BCUT2D eigenvalue weighted by Gasteiger charge is 1.15. The topological polar surface area (TPSA) is 0 Å². The van der Waals surface area contributed by atoms with Crippen LogP contribution in [-0.4, -0.2) is 0 Å². The summed E-state index contributed by atoms with van der Waals surface area (Å²) in [4.78, 5) is 0. The Balaban J connectivity index is -0.0000000105. The van der Waals surface area contributed by atoms with Crippen LogP contribution in [0.15, 0.2) is 12.7 Å². The molecular formula is C7H20. The summed E-state index contributed by atoms with van der Waals surface area (Å²) in [5.74, 6) is 0. The predicted molar refractivity (Wildman–Crippen MR) is 40.7 cm³/mol. The fourth-order valence-corrected chi connectivity index (χ4v) is 0. The first-order valence-corrected chi connectivity index (χ1v) is 1.99. The van der Waals surface area contributed by atoms with E-state index in [1.54, 1.807) is 6.08 Å². The molecular weight excluding hydrogens is 84.1 g/mol. The maximum atomic E-state index is 3.36. The number of rotatable bonds is 0. The van der Waals surface area contributed by atoms with Crippen LogP contribution in [0.3, 0.4) is 0 Å². The first-order valence-electron chi connectivity index (χ1n) is 1.99. The molecule has 0 aromatic rings. The first kappa shape index (κ1) is 29.6. The van der Waals surface area contributed by atoms with Crippen molar-refractivity contribution in [1.29, 1.82) is 0 Å². The molecule has 48 valence electrons. The van der Waals surface area contributed by atoms with Crippen molar-refractivity contribution < 1.29 is 0 Å². The number of hydrogen-bond acceptors (Lipinski definition) is 0. The Morgan fingerprint density at radius 1 is 1.14 bits per heavy atom. The Bertz CT molecular complexity index is 7.51. The van der Waals surface area contributed by atoms with Gasteiger partial charge >= 0.3 is 0 Å². The minimum absolute atomic E-state index is 0. The summed E-state index contributed by atoms with van der Waals surface area (Å²) in [5, 5.41) is 0. The van der Waals surface area contributed by atoms with Gasteiger partial charge in [-0.25, -0.2) is 0 Å². The van der Waals surface area contributed by atoms with E-state index >= 15 is 0 Å². The molecule has 0 bridgehead atoms. The molecule has 0 saturated carbocycles. The Labute approximate surface area is 49.3 Å². The molecule has 0 radical (unpaired) electrons. The van der Waals surface area contributed by atoms with Crippen molar-refractivity contribution in [2.24, 2.45) is 0 Å². The molecule has 0 N–H and O–H groups in total. The largest absolute Gasteiger partial charge is 0.103 e. The molecule has 0 aliphatic carbocycles. The minimum atomic E-state index is 0. The van der Waals surface area contributed by atoms with Crippen LogP contribution < -0.4 is 0 Å². The van der Waals surface area contributed by atoms with Crippen molar-refractivity contribution in [2.75, 3.05) is 0 Å².